The minimum absolute atomic E-state index is 0.0836. The van der Waals surface area contributed by atoms with Gasteiger partial charge in [-0.2, -0.15) is 0 Å². The fourth-order valence-electron chi connectivity index (χ4n) is 2.85. The van der Waals surface area contributed by atoms with E-state index in [2.05, 4.69) is 5.32 Å². The molecule has 1 saturated carbocycles. The standard InChI is InChI=1S/C17H25NO3S/c1-12-8-9-13(2)15(10-12)11-22(20,21)14(3)17(19)18-16-6-4-5-7-16/h8-10,14,16H,4-7,11H2,1-3H3,(H,18,19). The highest BCUT2D eigenvalue weighted by Crippen LogP contribution is 2.20. The molecule has 5 heteroatoms. The van der Waals surface area contributed by atoms with Crippen LogP contribution in [0.5, 0.6) is 0 Å². The van der Waals surface area contributed by atoms with E-state index >= 15 is 0 Å². The smallest absolute Gasteiger partial charge is 0.238 e. The fourth-order valence-corrected chi connectivity index (χ4v) is 4.24. The van der Waals surface area contributed by atoms with E-state index in [9.17, 15) is 13.2 Å². The highest BCUT2D eigenvalue weighted by Gasteiger charge is 2.30. The van der Waals surface area contributed by atoms with Gasteiger partial charge in [0.05, 0.1) is 5.75 Å². The maximum absolute atomic E-state index is 12.5. The van der Waals surface area contributed by atoms with Crippen LogP contribution < -0.4 is 5.32 Å². The Morgan fingerprint density at radius 2 is 1.91 bits per heavy atom. The number of sulfone groups is 1. The van der Waals surface area contributed by atoms with Crippen LogP contribution in [0, 0.1) is 13.8 Å². The van der Waals surface area contributed by atoms with Crippen LogP contribution in [0.2, 0.25) is 0 Å². The molecule has 122 valence electrons. The van der Waals surface area contributed by atoms with Gasteiger partial charge in [-0.1, -0.05) is 36.6 Å². The highest BCUT2D eigenvalue weighted by molar-refractivity contribution is 7.92. The summed E-state index contributed by atoms with van der Waals surface area (Å²) in [6.45, 7) is 5.32. The molecule has 1 aromatic rings. The summed E-state index contributed by atoms with van der Waals surface area (Å²) in [5.41, 5.74) is 2.75. The van der Waals surface area contributed by atoms with Crippen LogP contribution >= 0.6 is 0 Å². The maximum Gasteiger partial charge on any atom is 0.238 e. The molecular weight excluding hydrogens is 298 g/mol. The summed E-state index contributed by atoms with van der Waals surface area (Å²) in [6.07, 6.45) is 4.12. The van der Waals surface area contributed by atoms with E-state index in [1.807, 2.05) is 32.0 Å². The second kappa shape index (κ2) is 6.82. The molecule has 1 unspecified atom stereocenters. The van der Waals surface area contributed by atoms with Gasteiger partial charge in [0.15, 0.2) is 9.84 Å². The molecule has 2 rings (SSSR count). The van der Waals surface area contributed by atoms with Crippen LogP contribution in [0.3, 0.4) is 0 Å². The predicted octanol–water partition coefficient (Wildman–Crippen LogP) is 2.67. The number of benzene rings is 1. The third kappa shape index (κ3) is 4.09. The van der Waals surface area contributed by atoms with Crippen molar-refractivity contribution in [1.82, 2.24) is 5.32 Å². The van der Waals surface area contributed by atoms with E-state index in [1.165, 1.54) is 6.92 Å². The number of carbonyl (C=O) groups is 1. The number of carbonyl (C=O) groups excluding carboxylic acids is 1. The number of nitrogens with one attached hydrogen (secondary N) is 1. The average Bonchev–Trinajstić information content (AvgIpc) is 2.94. The lowest BCUT2D eigenvalue weighted by molar-refractivity contribution is -0.121. The van der Waals surface area contributed by atoms with Gasteiger partial charge >= 0.3 is 0 Å². The van der Waals surface area contributed by atoms with E-state index in [4.69, 9.17) is 0 Å². The lowest BCUT2D eigenvalue weighted by Crippen LogP contribution is -2.42. The van der Waals surface area contributed by atoms with Crippen molar-refractivity contribution in [2.45, 2.75) is 63.5 Å². The number of amides is 1. The van der Waals surface area contributed by atoms with Gasteiger partial charge in [-0.05, 0) is 44.7 Å². The van der Waals surface area contributed by atoms with Gasteiger partial charge in [0.25, 0.3) is 0 Å². The summed E-state index contributed by atoms with van der Waals surface area (Å²) in [6, 6.07) is 5.91. The fraction of sp³-hybridized carbons (Fsp3) is 0.588. The maximum atomic E-state index is 12.5. The van der Waals surface area contributed by atoms with Crippen molar-refractivity contribution in [3.05, 3.63) is 34.9 Å². The lowest BCUT2D eigenvalue weighted by Gasteiger charge is -2.17. The van der Waals surface area contributed by atoms with Crippen LogP contribution in [0.25, 0.3) is 0 Å². The number of rotatable bonds is 5. The molecule has 1 atom stereocenters. The van der Waals surface area contributed by atoms with E-state index in [0.717, 1.165) is 42.4 Å². The Bertz CT molecular complexity index is 646. The van der Waals surface area contributed by atoms with Crippen molar-refractivity contribution < 1.29 is 13.2 Å². The van der Waals surface area contributed by atoms with Gasteiger partial charge in [-0.25, -0.2) is 8.42 Å². The molecule has 0 saturated heterocycles. The normalized spacial score (nSPS) is 17.4. The molecule has 0 radical (unpaired) electrons. The number of hydrogen-bond donors (Lipinski definition) is 1. The van der Waals surface area contributed by atoms with Gasteiger partial charge in [0.1, 0.15) is 5.25 Å². The van der Waals surface area contributed by atoms with E-state index in [1.54, 1.807) is 0 Å². The van der Waals surface area contributed by atoms with Crippen molar-refractivity contribution in [2.75, 3.05) is 0 Å². The van der Waals surface area contributed by atoms with Gasteiger partial charge < -0.3 is 5.32 Å². The molecule has 1 aliphatic rings. The monoisotopic (exact) mass is 323 g/mol. The Morgan fingerprint density at radius 1 is 1.27 bits per heavy atom. The van der Waals surface area contributed by atoms with Crippen LogP contribution in [-0.4, -0.2) is 25.6 Å². The first-order valence-electron chi connectivity index (χ1n) is 7.87. The lowest BCUT2D eigenvalue weighted by atomic mass is 10.1. The van der Waals surface area contributed by atoms with Gasteiger partial charge in [0, 0.05) is 6.04 Å². The molecule has 0 heterocycles. The van der Waals surface area contributed by atoms with Crippen LogP contribution in [0.1, 0.15) is 49.3 Å². The molecule has 0 bridgehead atoms. The van der Waals surface area contributed by atoms with Crippen LogP contribution in [0.4, 0.5) is 0 Å². The molecule has 0 spiro atoms. The SMILES string of the molecule is Cc1ccc(C)c(CS(=O)(=O)C(C)C(=O)NC2CCCC2)c1. The Balaban J connectivity index is 2.08. The predicted molar refractivity (Wildman–Crippen MR) is 88.4 cm³/mol. The van der Waals surface area contributed by atoms with Crippen LogP contribution in [-0.2, 0) is 20.4 Å². The first-order chi connectivity index (χ1) is 10.3. The first kappa shape index (κ1) is 17.0. The minimum Gasteiger partial charge on any atom is -0.352 e. The Labute approximate surface area is 133 Å². The van der Waals surface area contributed by atoms with Gasteiger partial charge in [-0.3, -0.25) is 4.79 Å². The summed E-state index contributed by atoms with van der Waals surface area (Å²) >= 11 is 0. The summed E-state index contributed by atoms with van der Waals surface area (Å²) in [5.74, 6) is -0.447. The molecule has 1 amide bonds. The topological polar surface area (TPSA) is 63.2 Å². The Hall–Kier alpha value is -1.36. The van der Waals surface area contributed by atoms with Gasteiger partial charge in [-0.15, -0.1) is 0 Å². The average molecular weight is 323 g/mol. The number of aryl methyl sites for hydroxylation is 2. The van der Waals surface area contributed by atoms with E-state index in [-0.39, 0.29) is 17.7 Å². The second-order valence-electron chi connectivity index (χ2n) is 6.37. The molecule has 0 aromatic heterocycles. The second-order valence-corrected chi connectivity index (χ2v) is 8.69. The highest BCUT2D eigenvalue weighted by atomic mass is 32.2. The third-order valence-electron chi connectivity index (χ3n) is 4.47. The van der Waals surface area contributed by atoms with Crippen LogP contribution in [0.15, 0.2) is 18.2 Å². The zero-order valence-electron chi connectivity index (χ0n) is 13.6. The zero-order chi connectivity index (χ0) is 16.3. The Kier molecular flexibility index (Phi) is 5.27. The molecule has 0 aliphatic heterocycles. The molecule has 1 aromatic carbocycles. The summed E-state index contributed by atoms with van der Waals surface area (Å²) in [5, 5.41) is 1.87. The summed E-state index contributed by atoms with van der Waals surface area (Å²) in [7, 11) is -3.51. The molecule has 22 heavy (non-hydrogen) atoms. The molecule has 4 nitrogen and oxygen atoms in total. The van der Waals surface area contributed by atoms with E-state index in [0.29, 0.717) is 0 Å². The first-order valence-corrected chi connectivity index (χ1v) is 9.59. The van der Waals surface area contributed by atoms with Crippen molar-refractivity contribution in [3.8, 4) is 0 Å². The van der Waals surface area contributed by atoms with Crippen molar-refractivity contribution in [1.29, 1.82) is 0 Å². The van der Waals surface area contributed by atoms with Gasteiger partial charge in [0.2, 0.25) is 5.91 Å². The molecular formula is C17H25NO3S. The number of hydrogen-bond acceptors (Lipinski definition) is 3. The molecule has 1 aliphatic carbocycles. The minimum atomic E-state index is -3.51. The van der Waals surface area contributed by atoms with Crippen molar-refractivity contribution in [3.63, 3.8) is 0 Å². The zero-order valence-corrected chi connectivity index (χ0v) is 14.4. The van der Waals surface area contributed by atoms with Crippen molar-refractivity contribution >= 4 is 15.7 Å². The quantitative estimate of drug-likeness (QED) is 0.906. The van der Waals surface area contributed by atoms with Crippen molar-refractivity contribution in [2.24, 2.45) is 0 Å². The summed E-state index contributed by atoms with van der Waals surface area (Å²) in [4.78, 5) is 12.2. The third-order valence-corrected chi connectivity index (χ3v) is 6.48. The largest absolute Gasteiger partial charge is 0.352 e. The summed E-state index contributed by atoms with van der Waals surface area (Å²) < 4.78 is 25.0. The van der Waals surface area contributed by atoms with E-state index < -0.39 is 15.1 Å². The molecule has 1 fully saturated rings. The molecule has 1 N–H and O–H groups in total. The Morgan fingerprint density at radius 3 is 2.55 bits per heavy atom.